The van der Waals surface area contributed by atoms with Crippen molar-refractivity contribution in [1.82, 2.24) is 0 Å². The van der Waals surface area contributed by atoms with E-state index in [0.29, 0.717) is 5.92 Å². The molecular weight excluding hydrogens is 586 g/mol. The first kappa shape index (κ1) is 25.5. The van der Waals surface area contributed by atoms with E-state index < -0.39 is 0 Å². The predicted octanol–water partition coefficient (Wildman–Crippen LogP) is 2.08. The van der Waals surface area contributed by atoms with Crippen molar-refractivity contribution >= 4 is 38.4 Å². The minimum absolute atomic E-state index is 0. The first-order valence-corrected chi connectivity index (χ1v) is 10.1. The molecule has 0 nitrogen and oxygen atoms in total. The molecule has 0 radical (unpaired) electrons. The summed E-state index contributed by atoms with van der Waals surface area (Å²) in [6.45, 7) is 2.23. The van der Waals surface area contributed by atoms with Crippen LogP contribution in [0.15, 0.2) is 97.1 Å². The van der Waals surface area contributed by atoms with Gasteiger partial charge in [0.1, 0.15) is 0 Å². The van der Waals surface area contributed by atoms with Crippen molar-refractivity contribution in [2.75, 3.05) is 0 Å². The Hall–Kier alpha value is -1.80. The van der Waals surface area contributed by atoms with Crippen LogP contribution in [0, 0.1) is 0 Å². The molecule has 0 saturated carbocycles. The van der Waals surface area contributed by atoms with Gasteiger partial charge < -0.3 is 24.8 Å². The Bertz CT molecular complexity index is 1310. The second kappa shape index (κ2) is 11.2. The van der Waals surface area contributed by atoms with Gasteiger partial charge in [-0.25, -0.2) is 0 Å². The summed E-state index contributed by atoms with van der Waals surface area (Å²) in [7, 11) is 0. The molecule has 5 aromatic rings. The van der Waals surface area contributed by atoms with Crippen molar-refractivity contribution in [1.29, 1.82) is 0 Å². The second-order valence-corrected chi connectivity index (χ2v) is 7.52. The van der Waals surface area contributed by atoms with Crippen LogP contribution in [-0.4, -0.2) is 0 Å². The molecule has 0 spiro atoms. The molecule has 0 fully saturated rings. The number of benzene rings is 4. The average molecular weight is 609 g/mol. The van der Waals surface area contributed by atoms with E-state index in [9.17, 15) is 0 Å². The first-order chi connectivity index (χ1) is 13.8. The normalized spacial score (nSPS) is 13.5. The fourth-order valence-corrected chi connectivity index (χ4v) is 4.33. The van der Waals surface area contributed by atoms with E-state index in [0.717, 1.165) is 0 Å². The molecule has 1 atom stereocenters. The van der Waals surface area contributed by atoms with Crippen molar-refractivity contribution in [3.8, 4) is 0 Å². The molecule has 0 saturated heterocycles. The molecule has 1 aliphatic rings. The molecule has 0 aromatic heterocycles. The number of fused-ring (bicyclic) bond motifs is 5. The van der Waals surface area contributed by atoms with E-state index in [2.05, 4.69) is 110 Å². The molecule has 5 aromatic carbocycles. The molecule has 0 bridgehead atoms. The van der Waals surface area contributed by atoms with E-state index in [4.69, 9.17) is 0 Å². The van der Waals surface area contributed by atoms with Gasteiger partial charge in [0.25, 0.3) is 0 Å². The van der Waals surface area contributed by atoms with Crippen molar-refractivity contribution in [2.45, 2.75) is 19.3 Å². The fraction of sp³-hybridized carbons (Fsp3) is 0.107. The third kappa shape index (κ3) is 5.00. The third-order valence-corrected chi connectivity index (χ3v) is 5.82. The van der Waals surface area contributed by atoms with Crippen LogP contribution < -0.4 is 24.8 Å². The van der Waals surface area contributed by atoms with Crippen LogP contribution in [-0.2, 0) is 25.8 Å². The van der Waals surface area contributed by atoms with E-state index in [-0.39, 0.29) is 50.7 Å². The van der Waals surface area contributed by atoms with Gasteiger partial charge in [0.05, 0.1) is 0 Å². The number of halogens is 2. The minimum atomic E-state index is 0. The van der Waals surface area contributed by atoms with Gasteiger partial charge in [-0.2, -0.15) is 0 Å². The standard InChI is InChI=1S/C17H11.C11H12.2ClH.Hf/c1-2-6-13-11-17-15(9-12(13)5-1)10-14-7-3-4-8-16(14)17;1-2-9-7-8-10-5-3-4-6-11(9)10;;;/h1-11H;3-9H,2H2,1H3;2*1H;/q-1;;;;/p-2. The van der Waals surface area contributed by atoms with Crippen molar-refractivity contribution in [3.05, 3.63) is 108 Å². The molecule has 1 aliphatic carbocycles. The fourth-order valence-electron chi connectivity index (χ4n) is 4.33. The Kier molecular flexibility index (Phi) is 9.18. The Morgan fingerprint density at radius 2 is 1.35 bits per heavy atom. The summed E-state index contributed by atoms with van der Waals surface area (Å²) < 4.78 is 0. The summed E-state index contributed by atoms with van der Waals surface area (Å²) in [5.41, 5.74) is 2.90. The summed E-state index contributed by atoms with van der Waals surface area (Å²) in [5.74, 6) is 0.672. The number of hydrogen-bond donors (Lipinski definition) is 0. The van der Waals surface area contributed by atoms with Gasteiger partial charge >= 0.3 is 0 Å². The van der Waals surface area contributed by atoms with Crippen LogP contribution in [0.5, 0.6) is 0 Å². The maximum absolute atomic E-state index is 2.30. The van der Waals surface area contributed by atoms with Gasteiger partial charge in [0, 0.05) is 31.8 Å². The van der Waals surface area contributed by atoms with Crippen LogP contribution in [0.4, 0.5) is 0 Å². The van der Waals surface area contributed by atoms with Gasteiger partial charge in [-0.3, -0.25) is 0 Å². The maximum Gasteiger partial charge on any atom is 0.00246 e. The third-order valence-electron chi connectivity index (χ3n) is 5.82. The second-order valence-electron chi connectivity index (χ2n) is 7.52. The van der Waals surface area contributed by atoms with Crippen LogP contribution in [0.2, 0.25) is 0 Å². The largest absolute Gasteiger partial charge is 1.00 e. The van der Waals surface area contributed by atoms with Crippen LogP contribution in [0.25, 0.3) is 38.4 Å². The zero-order valence-electron chi connectivity index (χ0n) is 17.4. The van der Waals surface area contributed by atoms with Crippen LogP contribution in [0.1, 0.15) is 30.4 Å². The summed E-state index contributed by atoms with van der Waals surface area (Å²) in [5, 5.41) is 8.02. The molecule has 156 valence electrons. The molecule has 6 rings (SSSR count). The summed E-state index contributed by atoms with van der Waals surface area (Å²) in [6.07, 6.45) is 5.74. The average Bonchev–Trinajstić information content (AvgIpc) is 3.33. The Morgan fingerprint density at radius 3 is 2.13 bits per heavy atom. The van der Waals surface area contributed by atoms with E-state index >= 15 is 0 Å². The van der Waals surface area contributed by atoms with Gasteiger partial charge in [-0.1, -0.05) is 97.3 Å². The molecule has 0 heterocycles. The maximum atomic E-state index is 2.30. The van der Waals surface area contributed by atoms with E-state index in [1.807, 2.05) is 0 Å². The summed E-state index contributed by atoms with van der Waals surface area (Å²) >= 11 is 0. The molecule has 3 heteroatoms. The van der Waals surface area contributed by atoms with Crippen molar-refractivity contribution < 1.29 is 50.7 Å². The summed E-state index contributed by atoms with van der Waals surface area (Å²) in [4.78, 5) is 0. The molecule has 0 amide bonds. The smallest absolute Gasteiger partial charge is 0.00246 e. The zero-order chi connectivity index (χ0) is 18.9. The Morgan fingerprint density at radius 1 is 0.710 bits per heavy atom. The number of hydrogen-bond acceptors (Lipinski definition) is 0. The van der Waals surface area contributed by atoms with E-state index in [1.165, 1.54) is 49.9 Å². The molecule has 31 heavy (non-hydrogen) atoms. The van der Waals surface area contributed by atoms with Crippen LogP contribution in [0.3, 0.4) is 0 Å². The Balaban J connectivity index is 0.000000216. The SMILES string of the molecule is CCC1C=Cc2ccccc21.[Cl-].[Cl-].[Hf].c1ccc2cc3c(cc2c1)[cH-]c1ccccc13. The van der Waals surface area contributed by atoms with Crippen molar-refractivity contribution in [2.24, 2.45) is 0 Å². The molecule has 0 aliphatic heterocycles. The molecular formula is C28H23Cl2Hf-3. The molecule has 0 N–H and O–H groups in total. The minimum Gasteiger partial charge on any atom is -1.00 e. The van der Waals surface area contributed by atoms with Gasteiger partial charge in [0.2, 0.25) is 0 Å². The number of allylic oxidation sites excluding steroid dienone is 1. The van der Waals surface area contributed by atoms with E-state index in [1.54, 1.807) is 0 Å². The van der Waals surface area contributed by atoms with Crippen LogP contribution >= 0.6 is 0 Å². The van der Waals surface area contributed by atoms with Gasteiger partial charge in [-0.15, -0.1) is 39.7 Å². The zero-order valence-corrected chi connectivity index (χ0v) is 22.5. The first-order valence-electron chi connectivity index (χ1n) is 10.1. The summed E-state index contributed by atoms with van der Waals surface area (Å²) in [6, 6.07) is 32.6. The van der Waals surface area contributed by atoms with Crippen molar-refractivity contribution in [3.63, 3.8) is 0 Å². The number of rotatable bonds is 1. The predicted molar refractivity (Wildman–Crippen MR) is 123 cm³/mol. The monoisotopic (exact) mass is 609 g/mol. The molecule has 1 unspecified atom stereocenters. The topological polar surface area (TPSA) is 0 Å². The van der Waals surface area contributed by atoms with Gasteiger partial charge in [-0.05, 0) is 22.9 Å². The Labute approximate surface area is 215 Å². The van der Waals surface area contributed by atoms with Gasteiger partial charge in [0.15, 0.2) is 0 Å². The quantitative estimate of drug-likeness (QED) is 0.202.